The highest BCUT2D eigenvalue weighted by Crippen LogP contribution is 2.48. The van der Waals surface area contributed by atoms with Gasteiger partial charge in [0, 0.05) is 21.2 Å². The van der Waals surface area contributed by atoms with Gasteiger partial charge in [-0.2, -0.15) is 0 Å². The second-order valence-electron chi connectivity index (χ2n) is 13.6. The van der Waals surface area contributed by atoms with E-state index in [0.717, 1.165) is 0 Å². The van der Waals surface area contributed by atoms with Crippen LogP contribution in [0.2, 0.25) is 0 Å². The zero-order valence-electron chi connectivity index (χ0n) is 28.3. The van der Waals surface area contributed by atoms with Gasteiger partial charge in [-0.25, -0.2) is 0 Å². The van der Waals surface area contributed by atoms with Crippen molar-refractivity contribution in [3.8, 4) is 39.1 Å². The Hall–Kier alpha value is -6.48. The largest absolute Gasteiger partial charge is 0.308 e. The van der Waals surface area contributed by atoms with Crippen molar-refractivity contribution in [2.75, 3.05) is 0 Å². The van der Waals surface area contributed by atoms with Gasteiger partial charge >= 0.3 is 0 Å². The van der Waals surface area contributed by atoms with Crippen molar-refractivity contribution in [1.29, 1.82) is 0 Å². The molecule has 11 rings (SSSR count). The maximum Gasteiger partial charge on any atom is 0.0727 e. The lowest BCUT2D eigenvalue weighted by Crippen LogP contribution is -1.93. The Kier molecular flexibility index (Phi) is 6.49. The SMILES string of the molecule is c1ccc(-c2c3ccccc3c(-c3ccc(-c4ccc5c(c4)c4sc6ccccc6c4n5-c4ccccc4)c4ccccc34)c3ccccc23)cc1. The van der Waals surface area contributed by atoms with Gasteiger partial charge in [-0.15, -0.1) is 11.3 Å². The monoisotopic (exact) mass is 677 g/mol. The lowest BCUT2D eigenvalue weighted by Gasteiger charge is -2.19. The fourth-order valence-corrected chi connectivity index (χ4v) is 9.80. The van der Waals surface area contributed by atoms with Crippen LogP contribution in [0.4, 0.5) is 0 Å². The van der Waals surface area contributed by atoms with Crippen molar-refractivity contribution in [2.45, 2.75) is 0 Å². The van der Waals surface area contributed by atoms with Crippen molar-refractivity contribution in [1.82, 2.24) is 4.57 Å². The van der Waals surface area contributed by atoms with Crippen LogP contribution in [-0.2, 0) is 0 Å². The quantitative estimate of drug-likeness (QED) is 0.163. The van der Waals surface area contributed by atoms with Crippen LogP contribution in [0.1, 0.15) is 0 Å². The van der Waals surface area contributed by atoms with Gasteiger partial charge in [0.1, 0.15) is 0 Å². The van der Waals surface area contributed by atoms with Crippen LogP contribution in [0.3, 0.4) is 0 Å². The molecule has 0 N–H and O–H groups in total. The first-order chi connectivity index (χ1) is 25.8. The average molecular weight is 678 g/mol. The van der Waals surface area contributed by atoms with Crippen LogP contribution >= 0.6 is 11.3 Å². The lowest BCUT2D eigenvalue weighted by atomic mass is 9.84. The Morgan fingerprint density at radius 3 is 1.54 bits per heavy atom. The number of thiophene rings is 1. The molecule has 2 heteroatoms. The molecule has 2 heterocycles. The molecule has 0 saturated carbocycles. The van der Waals surface area contributed by atoms with E-state index in [4.69, 9.17) is 0 Å². The molecule has 0 radical (unpaired) electrons. The molecule has 0 amide bonds. The summed E-state index contributed by atoms with van der Waals surface area (Å²) in [7, 11) is 0. The smallest absolute Gasteiger partial charge is 0.0727 e. The Labute approximate surface area is 305 Å². The minimum atomic E-state index is 1.19. The number of fused-ring (bicyclic) bond motifs is 8. The number of para-hydroxylation sites is 1. The van der Waals surface area contributed by atoms with Crippen LogP contribution in [0.25, 0.3) is 103 Å². The minimum absolute atomic E-state index is 1.19. The molecule has 9 aromatic carbocycles. The predicted octanol–water partition coefficient (Wildman–Crippen LogP) is 14.5. The van der Waals surface area contributed by atoms with Gasteiger partial charge in [-0.1, -0.05) is 158 Å². The highest BCUT2D eigenvalue weighted by Gasteiger charge is 2.21. The zero-order valence-corrected chi connectivity index (χ0v) is 29.1. The normalized spacial score (nSPS) is 11.8. The molecule has 242 valence electrons. The van der Waals surface area contributed by atoms with E-state index >= 15 is 0 Å². The van der Waals surface area contributed by atoms with Crippen molar-refractivity contribution < 1.29 is 0 Å². The highest BCUT2D eigenvalue weighted by atomic mass is 32.1. The number of hydrogen-bond donors (Lipinski definition) is 0. The van der Waals surface area contributed by atoms with Crippen molar-refractivity contribution in [3.05, 3.63) is 188 Å². The molecule has 11 aromatic rings. The summed E-state index contributed by atoms with van der Waals surface area (Å²) in [4.78, 5) is 0. The molecule has 0 aliphatic carbocycles. The summed E-state index contributed by atoms with van der Waals surface area (Å²) < 4.78 is 5.10. The summed E-state index contributed by atoms with van der Waals surface area (Å²) in [5.41, 5.74) is 11.3. The molecule has 0 unspecified atom stereocenters. The van der Waals surface area contributed by atoms with Crippen LogP contribution in [0, 0.1) is 0 Å². The number of nitrogens with zero attached hydrogens (tertiary/aromatic N) is 1. The minimum Gasteiger partial charge on any atom is -0.308 e. The van der Waals surface area contributed by atoms with Crippen LogP contribution in [-0.4, -0.2) is 4.57 Å². The van der Waals surface area contributed by atoms with Crippen LogP contribution < -0.4 is 0 Å². The molecule has 0 spiro atoms. The fraction of sp³-hybridized carbons (Fsp3) is 0. The summed E-state index contributed by atoms with van der Waals surface area (Å²) in [6, 6.07) is 69.0. The van der Waals surface area contributed by atoms with Crippen LogP contribution in [0.5, 0.6) is 0 Å². The topological polar surface area (TPSA) is 4.93 Å². The molecule has 1 nitrogen and oxygen atoms in total. The first-order valence-electron chi connectivity index (χ1n) is 17.9. The van der Waals surface area contributed by atoms with Gasteiger partial charge in [0.25, 0.3) is 0 Å². The van der Waals surface area contributed by atoms with Crippen molar-refractivity contribution >= 4 is 74.9 Å². The summed E-state index contributed by atoms with van der Waals surface area (Å²) in [5, 5.41) is 10.2. The molecule has 0 bridgehead atoms. The van der Waals surface area contributed by atoms with Crippen LogP contribution in [0.15, 0.2) is 188 Å². The van der Waals surface area contributed by atoms with E-state index in [0.29, 0.717) is 0 Å². The van der Waals surface area contributed by atoms with E-state index in [1.807, 2.05) is 11.3 Å². The average Bonchev–Trinajstić information content (AvgIpc) is 3.75. The summed E-state index contributed by atoms with van der Waals surface area (Å²) in [6.07, 6.45) is 0. The molecule has 2 aromatic heterocycles. The molecular formula is C50H31NS. The van der Waals surface area contributed by atoms with Gasteiger partial charge in [-0.3, -0.25) is 0 Å². The lowest BCUT2D eigenvalue weighted by molar-refractivity contribution is 1.19. The first-order valence-corrected chi connectivity index (χ1v) is 18.7. The summed E-state index contributed by atoms with van der Waals surface area (Å²) >= 11 is 1.89. The number of rotatable bonds is 4. The van der Waals surface area contributed by atoms with Gasteiger partial charge in [-0.05, 0) is 96.0 Å². The third-order valence-electron chi connectivity index (χ3n) is 10.8. The molecule has 0 aliphatic rings. The number of hydrogen-bond acceptors (Lipinski definition) is 1. The van der Waals surface area contributed by atoms with E-state index in [1.165, 1.54) is 103 Å². The van der Waals surface area contributed by atoms with E-state index in [1.54, 1.807) is 0 Å². The van der Waals surface area contributed by atoms with Gasteiger partial charge < -0.3 is 4.57 Å². The Morgan fingerprint density at radius 2 is 0.865 bits per heavy atom. The van der Waals surface area contributed by atoms with Gasteiger partial charge in [0.15, 0.2) is 0 Å². The Morgan fingerprint density at radius 1 is 0.346 bits per heavy atom. The van der Waals surface area contributed by atoms with E-state index in [2.05, 4.69) is 193 Å². The maximum absolute atomic E-state index is 2.45. The highest BCUT2D eigenvalue weighted by molar-refractivity contribution is 7.26. The third-order valence-corrected chi connectivity index (χ3v) is 12.0. The second-order valence-corrected chi connectivity index (χ2v) is 14.6. The third kappa shape index (κ3) is 4.28. The number of aromatic nitrogens is 1. The molecular weight excluding hydrogens is 647 g/mol. The summed E-state index contributed by atoms with van der Waals surface area (Å²) in [6.45, 7) is 0. The van der Waals surface area contributed by atoms with Gasteiger partial charge in [0.05, 0.1) is 15.7 Å². The van der Waals surface area contributed by atoms with E-state index in [-0.39, 0.29) is 0 Å². The fourth-order valence-electron chi connectivity index (χ4n) is 8.59. The van der Waals surface area contributed by atoms with E-state index in [9.17, 15) is 0 Å². The second kappa shape index (κ2) is 11.5. The molecule has 52 heavy (non-hydrogen) atoms. The molecule has 0 saturated heterocycles. The van der Waals surface area contributed by atoms with Crippen molar-refractivity contribution in [2.24, 2.45) is 0 Å². The predicted molar refractivity (Wildman–Crippen MR) is 225 cm³/mol. The first kappa shape index (κ1) is 29.3. The molecule has 0 atom stereocenters. The summed E-state index contributed by atoms with van der Waals surface area (Å²) in [5.74, 6) is 0. The van der Waals surface area contributed by atoms with Crippen molar-refractivity contribution in [3.63, 3.8) is 0 Å². The Bertz CT molecular complexity index is 3110. The van der Waals surface area contributed by atoms with E-state index < -0.39 is 0 Å². The zero-order chi connectivity index (χ0) is 34.2. The molecule has 0 fully saturated rings. The van der Waals surface area contributed by atoms with Gasteiger partial charge in [0.2, 0.25) is 0 Å². The maximum atomic E-state index is 2.45. The number of benzene rings is 9. The standard InChI is InChI=1S/C50H31NS/c1-3-15-32(16-4-1)47-38-21-9-11-23-40(38)48(41-24-12-10-22-39(41)47)42-29-28-35(36-19-7-8-20-37(36)42)33-27-30-45-44(31-33)50-49(43-25-13-14-26-46(43)52-50)51(45)34-17-5-2-6-18-34/h1-31H. The molecule has 0 aliphatic heterocycles. The Balaban J connectivity index is 1.17.